The lowest BCUT2D eigenvalue weighted by Gasteiger charge is -2.26. The Bertz CT molecular complexity index is 388. The molecule has 1 aliphatic rings. The van der Waals surface area contributed by atoms with E-state index in [1.165, 1.54) is 32.4 Å². The molecular formula is C16H25N3O. The topological polar surface area (TPSA) is 44.4 Å². The zero-order valence-electron chi connectivity index (χ0n) is 12.1. The second kappa shape index (κ2) is 8.59. The molecule has 1 heterocycles. The number of anilines is 1. The summed E-state index contributed by atoms with van der Waals surface area (Å²) in [5, 5.41) is 6.08. The van der Waals surface area contributed by atoms with Crippen molar-refractivity contribution in [2.75, 3.05) is 38.0 Å². The summed E-state index contributed by atoms with van der Waals surface area (Å²) in [7, 11) is 0. The molecule has 1 amide bonds. The second-order valence-corrected chi connectivity index (χ2v) is 5.33. The molecule has 0 aliphatic carbocycles. The predicted molar refractivity (Wildman–Crippen MR) is 82.8 cm³/mol. The normalized spacial score (nSPS) is 15.8. The maximum Gasteiger partial charge on any atom is 0.239 e. The number of nitrogens with zero attached hydrogens (tertiary/aromatic N) is 1. The highest BCUT2D eigenvalue weighted by atomic mass is 16.1. The molecule has 4 heteroatoms. The van der Waals surface area contributed by atoms with Crippen LogP contribution in [-0.2, 0) is 4.79 Å². The van der Waals surface area contributed by atoms with E-state index >= 15 is 0 Å². The Morgan fingerprint density at radius 3 is 2.60 bits per heavy atom. The molecule has 2 N–H and O–H groups in total. The van der Waals surface area contributed by atoms with Crippen molar-refractivity contribution < 1.29 is 4.79 Å². The number of carbonyl (C=O) groups excluding carboxylic acids is 1. The van der Waals surface area contributed by atoms with Crippen molar-refractivity contribution in [1.29, 1.82) is 0 Å². The molecule has 0 spiro atoms. The molecule has 1 aliphatic heterocycles. The summed E-state index contributed by atoms with van der Waals surface area (Å²) in [6, 6.07) is 9.80. The van der Waals surface area contributed by atoms with Gasteiger partial charge in [0.25, 0.3) is 0 Å². The van der Waals surface area contributed by atoms with Crippen LogP contribution in [-0.4, -0.2) is 43.5 Å². The summed E-state index contributed by atoms with van der Waals surface area (Å²) in [5.41, 5.74) is 0.982. The van der Waals surface area contributed by atoms with Gasteiger partial charge < -0.3 is 15.5 Å². The fourth-order valence-corrected chi connectivity index (χ4v) is 2.51. The minimum atomic E-state index is 0.0625. The molecule has 1 fully saturated rings. The third-order valence-corrected chi connectivity index (χ3v) is 3.65. The van der Waals surface area contributed by atoms with Crippen molar-refractivity contribution in [3.63, 3.8) is 0 Å². The van der Waals surface area contributed by atoms with Crippen LogP contribution in [0.2, 0.25) is 0 Å². The summed E-state index contributed by atoms with van der Waals surface area (Å²) in [4.78, 5) is 14.2. The van der Waals surface area contributed by atoms with E-state index in [9.17, 15) is 4.79 Å². The highest BCUT2D eigenvalue weighted by molar-refractivity contribution is 5.80. The maximum absolute atomic E-state index is 11.7. The lowest BCUT2D eigenvalue weighted by molar-refractivity contribution is -0.119. The van der Waals surface area contributed by atoms with E-state index in [-0.39, 0.29) is 5.91 Å². The van der Waals surface area contributed by atoms with Gasteiger partial charge in [-0.1, -0.05) is 24.6 Å². The minimum absolute atomic E-state index is 0.0625. The van der Waals surface area contributed by atoms with E-state index in [0.29, 0.717) is 6.54 Å². The number of likely N-dealkylation sites (tertiary alicyclic amines) is 1. The van der Waals surface area contributed by atoms with E-state index in [0.717, 1.165) is 25.2 Å². The van der Waals surface area contributed by atoms with Crippen LogP contribution in [0.15, 0.2) is 30.3 Å². The first-order valence-electron chi connectivity index (χ1n) is 7.62. The molecule has 0 radical (unpaired) electrons. The summed E-state index contributed by atoms with van der Waals surface area (Å²) >= 11 is 0. The lowest BCUT2D eigenvalue weighted by Crippen LogP contribution is -2.35. The average Bonchev–Trinajstić information content (AvgIpc) is 2.52. The number of para-hydroxylation sites is 1. The van der Waals surface area contributed by atoms with Gasteiger partial charge >= 0.3 is 0 Å². The highest BCUT2D eigenvalue weighted by Crippen LogP contribution is 2.08. The molecule has 110 valence electrons. The van der Waals surface area contributed by atoms with Crippen LogP contribution in [0.3, 0.4) is 0 Å². The fraction of sp³-hybridized carbons (Fsp3) is 0.562. The van der Waals surface area contributed by atoms with E-state index in [4.69, 9.17) is 0 Å². The van der Waals surface area contributed by atoms with Gasteiger partial charge in [-0.05, 0) is 51.0 Å². The van der Waals surface area contributed by atoms with Crippen LogP contribution < -0.4 is 10.6 Å². The number of piperidine rings is 1. The van der Waals surface area contributed by atoms with Crippen LogP contribution in [0.5, 0.6) is 0 Å². The van der Waals surface area contributed by atoms with Gasteiger partial charge in [0, 0.05) is 12.2 Å². The van der Waals surface area contributed by atoms with Gasteiger partial charge in [-0.3, -0.25) is 4.79 Å². The van der Waals surface area contributed by atoms with Crippen molar-refractivity contribution in [3.8, 4) is 0 Å². The summed E-state index contributed by atoms with van der Waals surface area (Å²) < 4.78 is 0. The van der Waals surface area contributed by atoms with Crippen molar-refractivity contribution in [2.24, 2.45) is 0 Å². The van der Waals surface area contributed by atoms with Crippen LogP contribution in [0, 0.1) is 0 Å². The second-order valence-electron chi connectivity index (χ2n) is 5.33. The average molecular weight is 275 g/mol. The SMILES string of the molecule is O=C(CNc1ccccc1)NCCCN1CCCCC1. The van der Waals surface area contributed by atoms with E-state index in [1.54, 1.807) is 0 Å². The molecule has 0 aromatic heterocycles. The largest absolute Gasteiger partial charge is 0.376 e. The highest BCUT2D eigenvalue weighted by Gasteiger charge is 2.09. The number of carbonyl (C=O) groups is 1. The quantitative estimate of drug-likeness (QED) is 0.749. The molecule has 4 nitrogen and oxygen atoms in total. The van der Waals surface area contributed by atoms with Gasteiger partial charge in [-0.15, -0.1) is 0 Å². The first-order chi connectivity index (χ1) is 9.84. The summed E-state index contributed by atoms with van der Waals surface area (Å²) in [6.07, 6.45) is 5.07. The first-order valence-corrected chi connectivity index (χ1v) is 7.62. The van der Waals surface area contributed by atoms with Gasteiger partial charge in [0.2, 0.25) is 5.91 Å². The van der Waals surface area contributed by atoms with E-state index < -0.39 is 0 Å². The Kier molecular flexibility index (Phi) is 6.38. The van der Waals surface area contributed by atoms with Gasteiger partial charge in [0.05, 0.1) is 6.54 Å². The molecule has 20 heavy (non-hydrogen) atoms. The Labute approximate surface area is 121 Å². The standard InChI is InChI=1S/C16H25N3O/c20-16(14-18-15-8-3-1-4-9-15)17-10-7-13-19-11-5-2-6-12-19/h1,3-4,8-9,18H,2,5-7,10-14H2,(H,17,20). The molecule has 0 unspecified atom stereocenters. The Morgan fingerprint density at radius 1 is 1.10 bits per heavy atom. The smallest absolute Gasteiger partial charge is 0.239 e. The first kappa shape index (κ1) is 14.9. The van der Waals surface area contributed by atoms with Crippen LogP contribution in [0.4, 0.5) is 5.69 Å². The van der Waals surface area contributed by atoms with E-state index in [2.05, 4.69) is 15.5 Å². The van der Waals surface area contributed by atoms with Gasteiger partial charge in [0.15, 0.2) is 0 Å². The molecule has 1 aromatic rings. The van der Waals surface area contributed by atoms with Gasteiger partial charge in [-0.2, -0.15) is 0 Å². The van der Waals surface area contributed by atoms with Gasteiger partial charge in [0.1, 0.15) is 0 Å². The molecule has 1 aromatic carbocycles. The van der Waals surface area contributed by atoms with Crippen molar-refractivity contribution >= 4 is 11.6 Å². The minimum Gasteiger partial charge on any atom is -0.376 e. The van der Waals surface area contributed by atoms with Crippen molar-refractivity contribution in [3.05, 3.63) is 30.3 Å². The number of benzene rings is 1. The monoisotopic (exact) mass is 275 g/mol. The van der Waals surface area contributed by atoms with E-state index in [1.807, 2.05) is 30.3 Å². The lowest BCUT2D eigenvalue weighted by atomic mass is 10.1. The van der Waals surface area contributed by atoms with Crippen molar-refractivity contribution in [1.82, 2.24) is 10.2 Å². The van der Waals surface area contributed by atoms with Crippen LogP contribution in [0.1, 0.15) is 25.7 Å². The Balaban J connectivity index is 1.51. The van der Waals surface area contributed by atoms with Crippen LogP contribution in [0.25, 0.3) is 0 Å². The predicted octanol–water partition coefficient (Wildman–Crippen LogP) is 2.09. The number of amides is 1. The summed E-state index contributed by atoms with van der Waals surface area (Å²) in [6.45, 7) is 4.67. The Morgan fingerprint density at radius 2 is 1.85 bits per heavy atom. The molecule has 0 saturated carbocycles. The summed E-state index contributed by atoms with van der Waals surface area (Å²) in [5.74, 6) is 0.0625. The number of hydrogen-bond acceptors (Lipinski definition) is 3. The third-order valence-electron chi connectivity index (χ3n) is 3.65. The molecule has 2 rings (SSSR count). The Hall–Kier alpha value is -1.55. The number of hydrogen-bond donors (Lipinski definition) is 2. The third kappa shape index (κ3) is 5.61. The van der Waals surface area contributed by atoms with Crippen LogP contribution >= 0.6 is 0 Å². The fourth-order valence-electron chi connectivity index (χ4n) is 2.51. The molecule has 0 bridgehead atoms. The zero-order valence-corrected chi connectivity index (χ0v) is 12.1. The van der Waals surface area contributed by atoms with Gasteiger partial charge in [-0.25, -0.2) is 0 Å². The molecule has 0 atom stereocenters. The maximum atomic E-state index is 11.7. The number of rotatable bonds is 7. The zero-order chi connectivity index (χ0) is 14.0. The van der Waals surface area contributed by atoms with Crippen molar-refractivity contribution in [2.45, 2.75) is 25.7 Å². The number of nitrogens with one attached hydrogen (secondary N) is 2. The molecule has 1 saturated heterocycles. The molecular weight excluding hydrogens is 250 g/mol.